The van der Waals surface area contributed by atoms with Crippen LogP contribution >= 0.6 is 0 Å². The SMILES string of the molecule is CCN(CC1CC1)C(=O)C(C(=O)O)C(C)(C)C. The van der Waals surface area contributed by atoms with E-state index in [-0.39, 0.29) is 5.91 Å². The quantitative estimate of drug-likeness (QED) is 0.749. The van der Waals surface area contributed by atoms with Gasteiger partial charge in [0, 0.05) is 13.1 Å². The molecule has 1 aliphatic carbocycles. The Morgan fingerprint density at radius 1 is 1.35 bits per heavy atom. The van der Waals surface area contributed by atoms with Crippen molar-refractivity contribution in [2.75, 3.05) is 13.1 Å². The van der Waals surface area contributed by atoms with Gasteiger partial charge in [0.2, 0.25) is 5.91 Å². The molecule has 1 amide bonds. The van der Waals surface area contributed by atoms with Gasteiger partial charge >= 0.3 is 5.97 Å². The van der Waals surface area contributed by atoms with Crippen molar-refractivity contribution in [3.8, 4) is 0 Å². The maximum atomic E-state index is 12.3. The first-order valence-electron chi connectivity index (χ1n) is 6.29. The normalized spacial score (nSPS) is 17.6. The Hall–Kier alpha value is -1.06. The average molecular weight is 241 g/mol. The van der Waals surface area contributed by atoms with Crippen LogP contribution in [0.4, 0.5) is 0 Å². The fourth-order valence-corrected chi connectivity index (χ4v) is 2.02. The highest BCUT2D eigenvalue weighted by atomic mass is 16.4. The second-order valence-corrected chi connectivity index (χ2v) is 5.96. The summed E-state index contributed by atoms with van der Waals surface area (Å²) in [5, 5.41) is 9.23. The molecular formula is C13H23NO3. The lowest BCUT2D eigenvalue weighted by Gasteiger charge is -2.31. The van der Waals surface area contributed by atoms with Crippen LogP contribution in [-0.2, 0) is 9.59 Å². The van der Waals surface area contributed by atoms with E-state index in [2.05, 4.69) is 0 Å². The predicted octanol–water partition coefficient (Wildman–Crippen LogP) is 1.99. The Balaban J connectivity index is 2.77. The molecule has 0 aromatic carbocycles. The van der Waals surface area contributed by atoms with Gasteiger partial charge in [0.1, 0.15) is 5.92 Å². The first-order chi connectivity index (χ1) is 7.77. The van der Waals surface area contributed by atoms with Crippen LogP contribution in [0, 0.1) is 17.3 Å². The van der Waals surface area contributed by atoms with E-state index in [4.69, 9.17) is 0 Å². The second-order valence-electron chi connectivity index (χ2n) is 5.96. The van der Waals surface area contributed by atoms with Crippen molar-refractivity contribution in [1.29, 1.82) is 0 Å². The van der Waals surface area contributed by atoms with Crippen LogP contribution in [0.25, 0.3) is 0 Å². The van der Waals surface area contributed by atoms with Gasteiger partial charge in [0.15, 0.2) is 0 Å². The van der Waals surface area contributed by atoms with Crippen LogP contribution in [0.1, 0.15) is 40.5 Å². The molecule has 98 valence electrons. The Kier molecular flexibility index (Phi) is 4.17. The molecule has 1 fully saturated rings. The van der Waals surface area contributed by atoms with Gasteiger partial charge in [-0.25, -0.2) is 0 Å². The molecule has 0 aromatic rings. The molecule has 1 N–H and O–H groups in total. The molecule has 17 heavy (non-hydrogen) atoms. The molecule has 0 aromatic heterocycles. The second kappa shape index (κ2) is 5.07. The van der Waals surface area contributed by atoms with Crippen molar-refractivity contribution in [3.05, 3.63) is 0 Å². The maximum absolute atomic E-state index is 12.3. The molecule has 0 radical (unpaired) electrons. The smallest absolute Gasteiger partial charge is 0.316 e. The highest BCUT2D eigenvalue weighted by Crippen LogP contribution is 2.32. The average Bonchev–Trinajstić information content (AvgIpc) is 2.94. The molecule has 4 nitrogen and oxygen atoms in total. The Bertz CT molecular complexity index is 302. The van der Waals surface area contributed by atoms with Crippen molar-refractivity contribution in [1.82, 2.24) is 4.90 Å². The Labute approximate surface area is 103 Å². The van der Waals surface area contributed by atoms with E-state index in [0.29, 0.717) is 12.5 Å². The van der Waals surface area contributed by atoms with E-state index in [1.54, 1.807) is 25.7 Å². The van der Waals surface area contributed by atoms with Gasteiger partial charge in [0.05, 0.1) is 0 Å². The highest BCUT2D eigenvalue weighted by molar-refractivity contribution is 5.97. The van der Waals surface area contributed by atoms with Crippen LogP contribution in [0.15, 0.2) is 0 Å². The number of hydrogen-bond acceptors (Lipinski definition) is 2. The van der Waals surface area contributed by atoms with Crippen LogP contribution in [0.5, 0.6) is 0 Å². The lowest BCUT2D eigenvalue weighted by molar-refractivity contribution is -0.156. The molecule has 1 saturated carbocycles. The topological polar surface area (TPSA) is 57.6 Å². The molecule has 1 unspecified atom stereocenters. The zero-order valence-electron chi connectivity index (χ0n) is 11.2. The van der Waals surface area contributed by atoms with Gasteiger partial charge in [0.25, 0.3) is 0 Å². The fourth-order valence-electron chi connectivity index (χ4n) is 2.02. The monoisotopic (exact) mass is 241 g/mol. The third-order valence-electron chi connectivity index (χ3n) is 3.23. The van der Waals surface area contributed by atoms with Gasteiger partial charge in [-0.3, -0.25) is 9.59 Å². The number of carboxylic acid groups (broad SMARTS) is 1. The minimum Gasteiger partial charge on any atom is -0.481 e. The summed E-state index contributed by atoms with van der Waals surface area (Å²) in [6.45, 7) is 8.62. The Morgan fingerprint density at radius 2 is 1.88 bits per heavy atom. The van der Waals surface area contributed by atoms with E-state index in [1.807, 2.05) is 6.92 Å². The summed E-state index contributed by atoms with van der Waals surface area (Å²) in [6.07, 6.45) is 2.33. The highest BCUT2D eigenvalue weighted by Gasteiger charge is 2.40. The molecule has 1 atom stereocenters. The third-order valence-corrected chi connectivity index (χ3v) is 3.23. The zero-order chi connectivity index (χ0) is 13.2. The molecule has 4 heteroatoms. The number of amides is 1. The van der Waals surface area contributed by atoms with Crippen molar-refractivity contribution in [3.63, 3.8) is 0 Å². The minimum atomic E-state index is -1.02. The van der Waals surface area contributed by atoms with Gasteiger partial charge < -0.3 is 10.0 Å². The Morgan fingerprint density at radius 3 is 2.18 bits per heavy atom. The number of hydrogen-bond donors (Lipinski definition) is 1. The van der Waals surface area contributed by atoms with E-state index in [1.165, 1.54) is 0 Å². The standard InChI is InChI=1S/C13H23NO3/c1-5-14(8-9-6-7-9)11(15)10(12(16)17)13(2,3)4/h9-10H,5-8H2,1-4H3,(H,16,17). The van der Waals surface area contributed by atoms with E-state index < -0.39 is 17.3 Å². The summed E-state index contributed by atoms with van der Waals surface area (Å²) in [7, 11) is 0. The summed E-state index contributed by atoms with van der Waals surface area (Å²) in [4.78, 5) is 25.2. The number of carbonyl (C=O) groups is 2. The van der Waals surface area contributed by atoms with Crippen LogP contribution in [0.3, 0.4) is 0 Å². The summed E-state index contributed by atoms with van der Waals surface area (Å²) < 4.78 is 0. The molecule has 0 saturated heterocycles. The number of aliphatic carboxylic acids is 1. The van der Waals surface area contributed by atoms with Crippen LogP contribution in [-0.4, -0.2) is 35.0 Å². The minimum absolute atomic E-state index is 0.237. The third kappa shape index (κ3) is 3.72. The van der Waals surface area contributed by atoms with Gasteiger partial charge in [-0.05, 0) is 31.1 Å². The van der Waals surface area contributed by atoms with Crippen LogP contribution in [0.2, 0.25) is 0 Å². The first-order valence-corrected chi connectivity index (χ1v) is 6.29. The molecule has 0 bridgehead atoms. The van der Waals surface area contributed by atoms with E-state index >= 15 is 0 Å². The number of carboxylic acids is 1. The molecule has 1 rings (SSSR count). The van der Waals surface area contributed by atoms with Gasteiger partial charge in [-0.1, -0.05) is 20.8 Å². The van der Waals surface area contributed by atoms with Crippen molar-refractivity contribution in [2.24, 2.45) is 17.3 Å². The summed E-state index contributed by atoms with van der Waals surface area (Å²) in [5.41, 5.74) is -0.542. The number of carbonyl (C=O) groups excluding carboxylic acids is 1. The van der Waals surface area contributed by atoms with Crippen molar-refractivity contribution < 1.29 is 14.7 Å². The summed E-state index contributed by atoms with van der Waals surface area (Å²) in [6, 6.07) is 0. The maximum Gasteiger partial charge on any atom is 0.316 e. The van der Waals surface area contributed by atoms with Gasteiger partial charge in [-0.15, -0.1) is 0 Å². The molecule has 1 aliphatic rings. The zero-order valence-corrected chi connectivity index (χ0v) is 11.2. The summed E-state index contributed by atoms with van der Waals surface area (Å²) >= 11 is 0. The fraction of sp³-hybridized carbons (Fsp3) is 0.846. The molecule has 0 heterocycles. The van der Waals surface area contributed by atoms with Gasteiger partial charge in [-0.2, -0.15) is 0 Å². The van der Waals surface area contributed by atoms with Crippen molar-refractivity contribution >= 4 is 11.9 Å². The lowest BCUT2D eigenvalue weighted by Crippen LogP contribution is -2.45. The predicted molar refractivity (Wildman–Crippen MR) is 65.6 cm³/mol. The number of rotatable bonds is 5. The molecule has 0 spiro atoms. The number of nitrogens with zero attached hydrogens (tertiary/aromatic N) is 1. The van der Waals surface area contributed by atoms with Crippen LogP contribution < -0.4 is 0 Å². The molecular weight excluding hydrogens is 218 g/mol. The van der Waals surface area contributed by atoms with E-state index in [0.717, 1.165) is 19.4 Å². The first kappa shape index (κ1) is 14.0. The molecule has 0 aliphatic heterocycles. The lowest BCUT2D eigenvalue weighted by atomic mass is 9.80. The summed E-state index contributed by atoms with van der Waals surface area (Å²) in [5.74, 6) is -1.61. The van der Waals surface area contributed by atoms with Crippen molar-refractivity contribution in [2.45, 2.75) is 40.5 Å². The van der Waals surface area contributed by atoms with E-state index in [9.17, 15) is 14.7 Å². The largest absolute Gasteiger partial charge is 0.481 e.